The third-order valence-electron chi connectivity index (χ3n) is 3.10. The van der Waals surface area contributed by atoms with Crippen LogP contribution in [-0.2, 0) is 13.0 Å². The van der Waals surface area contributed by atoms with Crippen LogP contribution in [-0.4, -0.2) is 16.5 Å². The molecule has 0 atom stereocenters. The van der Waals surface area contributed by atoms with E-state index in [1.807, 2.05) is 0 Å². The molecule has 0 aliphatic carbocycles. The van der Waals surface area contributed by atoms with Crippen LogP contribution in [0.4, 0.5) is 11.6 Å². The molecule has 2 aromatic rings. The fraction of sp³-hybridized carbons (Fsp3) is 0.467. The number of thiophene rings is 1. The van der Waals surface area contributed by atoms with Gasteiger partial charge in [0.05, 0.1) is 6.54 Å². The van der Waals surface area contributed by atoms with Crippen molar-refractivity contribution in [2.75, 3.05) is 17.2 Å². The van der Waals surface area contributed by atoms with Gasteiger partial charge in [0.2, 0.25) is 0 Å². The second kappa shape index (κ2) is 8.34. The smallest absolute Gasteiger partial charge is 0.135 e. The molecule has 2 N–H and O–H groups in total. The highest BCUT2D eigenvalue weighted by atomic mass is 79.9. The van der Waals surface area contributed by atoms with Crippen LogP contribution in [0.25, 0.3) is 0 Å². The van der Waals surface area contributed by atoms with Crippen LogP contribution >= 0.6 is 27.3 Å². The molecule has 0 saturated carbocycles. The van der Waals surface area contributed by atoms with Crippen LogP contribution in [0.15, 0.2) is 22.2 Å². The summed E-state index contributed by atoms with van der Waals surface area (Å²) in [5, 5.41) is 8.93. The summed E-state index contributed by atoms with van der Waals surface area (Å²) < 4.78 is 1.15. The molecule has 2 rings (SSSR count). The summed E-state index contributed by atoms with van der Waals surface area (Å²) in [6, 6.07) is 2.07. The Morgan fingerprint density at radius 3 is 2.52 bits per heavy atom. The van der Waals surface area contributed by atoms with Gasteiger partial charge in [-0.15, -0.1) is 11.3 Å². The zero-order chi connectivity index (χ0) is 15.1. The summed E-state index contributed by atoms with van der Waals surface area (Å²) in [5.41, 5.74) is 1.18. The first-order valence-corrected chi connectivity index (χ1v) is 8.97. The second-order valence-corrected chi connectivity index (χ2v) is 6.63. The molecule has 114 valence electrons. The van der Waals surface area contributed by atoms with E-state index in [2.05, 4.69) is 61.8 Å². The van der Waals surface area contributed by atoms with E-state index in [4.69, 9.17) is 0 Å². The molecule has 0 amide bonds. The van der Waals surface area contributed by atoms with E-state index in [0.717, 1.165) is 48.5 Å². The van der Waals surface area contributed by atoms with Crippen molar-refractivity contribution in [2.45, 2.75) is 39.7 Å². The van der Waals surface area contributed by atoms with Gasteiger partial charge in [0, 0.05) is 21.5 Å². The van der Waals surface area contributed by atoms with Crippen LogP contribution in [0, 0.1) is 0 Å². The minimum absolute atomic E-state index is 0.777. The first-order chi connectivity index (χ1) is 10.3. The molecule has 0 saturated heterocycles. The van der Waals surface area contributed by atoms with Gasteiger partial charge in [0.15, 0.2) is 0 Å². The van der Waals surface area contributed by atoms with Crippen molar-refractivity contribution < 1.29 is 0 Å². The molecule has 21 heavy (non-hydrogen) atoms. The lowest BCUT2D eigenvalue weighted by Crippen LogP contribution is -2.10. The SMILES string of the molecule is CCCNc1ncnc(NCc2sccc2Br)c1CCC. The monoisotopic (exact) mass is 368 g/mol. The van der Waals surface area contributed by atoms with Crippen LogP contribution in [0.1, 0.15) is 37.1 Å². The highest BCUT2D eigenvalue weighted by Crippen LogP contribution is 2.26. The van der Waals surface area contributed by atoms with Crippen LogP contribution in [0.2, 0.25) is 0 Å². The number of hydrogen-bond donors (Lipinski definition) is 2. The van der Waals surface area contributed by atoms with Crippen LogP contribution in [0.5, 0.6) is 0 Å². The van der Waals surface area contributed by atoms with E-state index in [1.165, 1.54) is 10.4 Å². The summed E-state index contributed by atoms with van der Waals surface area (Å²) in [6.07, 6.45) is 4.76. The molecule has 0 bridgehead atoms. The summed E-state index contributed by atoms with van der Waals surface area (Å²) in [6.45, 7) is 6.04. The molecular weight excluding hydrogens is 348 g/mol. The van der Waals surface area contributed by atoms with Crippen molar-refractivity contribution in [3.8, 4) is 0 Å². The average molecular weight is 369 g/mol. The van der Waals surface area contributed by atoms with Gasteiger partial charge >= 0.3 is 0 Å². The Balaban J connectivity index is 2.15. The summed E-state index contributed by atoms with van der Waals surface area (Å²) in [5.74, 6) is 1.90. The Morgan fingerprint density at radius 2 is 1.90 bits per heavy atom. The van der Waals surface area contributed by atoms with Crippen LogP contribution in [0.3, 0.4) is 0 Å². The molecule has 4 nitrogen and oxygen atoms in total. The maximum Gasteiger partial charge on any atom is 0.135 e. The lowest BCUT2D eigenvalue weighted by Gasteiger charge is -2.14. The van der Waals surface area contributed by atoms with E-state index in [0.29, 0.717) is 0 Å². The number of halogens is 1. The van der Waals surface area contributed by atoms with Gasteiger partial charge in [-0.25, -0.2) is 9.97 Å². The number of nitrogens with zero attached hydrogens (tertiary/aromatic N) is 2. The summed E-state index contributed by atoms with van der Waals surface area (Å²) in [7, 11) is 0. The molecule has 0 fully saturated rings. The Hall–Kier alpha value is -1.14. The van der Waals surface area contributed by atoms with Crippen molar-refractivity contribution in [1.82, 2.24) is 9.97 Å². The zero-order valence-electron chi connectivity index (χ0n) is 12.4. The Kier molecular flexibility index (Phi) is 6.45. The van der Waals surface area contributed by atoms with E-state index in [-0.39, 0.29) is 0 Å². The maximum atomic E-state index is 4.42. The van der Waals surface area contributed by atoms with E-state index < -0.39 is 0 Å². The number of anilines is 2. The molecule has 0 aliphatic rings. The summed E-state index contributed by atoms with van der Waals surface area (Å²) >= 11 is 5.30. The maximum absolute atomic E-state index is 4.42. The van der Waals surface area contributed by atoms with Crippen molar-refractivity contribution in [3.63, 3.8) is 0 Å². The van der Waals surface area contributed by atoms with Crippen molar-refractivity contribution in [3.05, 3.63) is 32.7 Å². The van der Waals surface area contributed by atoms with Gasteiger partial charge in [0.25, 0.3) is 0 Å². The fourth-order valence-corrected chi connectivity index (χ4v) is 3.49. The predicted molar refractivity (Wildman–Crippen MR) is 94.2 cm³/mol. The average Bonchev–Trinajstić information content (AvgIpc) is 2.90. The third-order valence-corrected chi connectivity index (χ3v) is 5.02. The van der Waals surface area contributed by atoms with Crippen LogP contribution < -0.4 is 10.6 Å². The van der Waals surface area contributed by atoms with Gasteiger partial charge in [-0.3, -0.25) is 0 Å². The Morgan fingerprint density at radius 1 is 1.14 bits per heavy atom. The van der Waals surface area contributed by atoms with Gasteiger partial charge < -0.3 is 10.6 Å². The van der Waals surface area contributed by atoms with Crippen molar-refractivity contribution in [2.24, 2.45) is 0 Å². The largest absolute Gasteiger partial charge is 0.370 e. The fourth-order valence-electron chi connectivity index (χ4n) is 2.06. The first-order valence-electron chi connectivity index (χ1n) is 7.29. The van der Waals surface area contributed by atoms with Gasteiger partial charge in [-0.1, -0.05) is 20.3 Å². The minimum atomic E-state index is 0.777. The minimum Gasteiger partial charge on any atom is -0.370 e. The molecule has 0 aromatic carbocycles. The molecule has 0 spiro atoms. The zero-order valence-corrected chi connectivity index (χ0v) is 14.9. The molecular formula is C15H21BrN4S. The molecule has 6 heteroatoms. The highest BCUT2D eigenvalue weighted by Gasteiger charge is 2.11. The number of hydrogen-bond acceptors (Lipinski definition) is 5. The quantitative estimate of drug-likeness (QED) is 0.709. The molecule has 0 aliphatic heterocycles. The number of nitrogens with one attached hydrogen (secondary N) is 2. The van der Waals surface area contributed by atoms with Crippen molar-refractivity contribution in [1.29, 1.82) is 0 Å². The number of rotatable bonds is 8. The summed E-state index contributed by atoms with van der Waals surface area (Å²) in [4.78, 5) is 10.1. The second-order valence-electron chi connectivity index (χ2n) is 4.77. The predicted octanol–water partition coefficient (Wildman–Crippen LogP) is 4.69. The standard InChI is InChI=1S/C15H21BrN4S/c1-3-5-11-14(17-7-4-2)19-10-20-15(11)18-9-13-12(16)6-8-21-13/h6,8,10H,3-5,7,9H2,1-2H3,(H2,17,18,19,20). The molecule has 2 heterocycles. The Bertz CT molecular complexity index is 571. The number of aromatic nitrogens is 2. The molecule has 2 aromatic heterocycles. The Labute approximate surface area is 138 Å². The van der Waals surface area contributed by atoms with E-state index >= 15 is 0 Å². The van der Waals surface area contributed by atoms with Gasteiger partial charge in [0.1, 0.15) is 18.0 Å². The lowest BCUT2D eigenvalue weighted by atomic mass is 10.1. The molecule has 0 unspecified atom stereocenters. The lowest BCUT2D eigenvalue weighted by molar-refractivity contribution is 0.887. The topological polar surface area (TPSA) is 49.8 Å². The normalized spacial score (nSPS) is 10.6. The molecule has 0 radical (unpaired) electrons. The van der Waals surface area contributed by atoms with Gasteiger partial charge in [-0.2, -0.15) is 0 Å². The van der Waals surface area contributed by atoms with E-state index in [9.17, 15) is 0 Å². The highest BCUT2D eigenvalue weighted by molar-refractivity contribution is 9.10. The first kappa shape index (κ1) is 16.2. The van der Waals surface area contributed by atoms with Gasteiger partial charge in [-0.05, 0) is 40.2 Å². The third kappa shape index (κ3) is 4.41. The van der Waals surface area contributed by atoms with Crippen molar-refractivity contribution >= 4 is 38.9 Å². The van der Waals surface area contributed by atoms with E-state index in [1.54, 1.807) is 17.7 Å².